The van der Waals surface area contributed by atoms with Crippen LogP contribution in [-0.2, 0) is 6.54 Å². The van der Waals surface area contributed by atoms with Gasteiger partial charge in [-0.3, -0.25) is 9.69 Å². The Morgan fingerprint density at radius 2 is 1.87 bits per heavy atom. The van der Waals surface area contributed by atoms with Crippen molar-refractivity contribution in [1.29, 1.82) is 0 Å². The zero-order valence-electron chi connectivity index (χ0n) is 17.2. The first-order valence-corrected chi connectivity index (χ1v) is 10.4. The Bertz CT molecular complexity index is 928. The van der Waals surface area contributed by atoms with E-state index >= 15 is 0 Å². The number of halogens is 1. The highest BCUT2D eigenvalue weighted by molar-refractivity contribution is 6.32. The number of rotatable bonds is 6. The molecule has 1 amide bonds. The average molecular weight is 433 g/mol. The maximum atomic E-state index is 13.0. The summed E-state index contributed by atoms with van der Waals surface area (Å²) in [4.78, 5) is 17.2. The van der Waals surface area contributed by atoms with E-state index in [1.54, 1.807) is 12.1 Å². The van der Waals surface area contributed by atoms with Crippen molar-refractivity contribution in [2.45, 2.75) is 13.5 Å². The van der Waals surface area contributed by atoms with Crippen molar-refractivity contribution in [2.75, 3.05) is 46.7 Å². The van der Waals surface area contributed by atoms with Crippen molar-refractivity contribution >= 4 is 17.5 Å². The third kappa shape index (κ3) is 4.27. The third-order valence-electron chi connectivity index (χ3n) is 5.27. The molecule has 160 valence electrons. The first kappa shape index (κ1) is 20.6. The molecular weight excluding hydrogens is 408 g/mol. The molecule has 8 heteroatoms. The van der Waals surface area contributed by atoms with Gasteiger partial charge in [0.2, 0.25) is 6.79 Å². The van der Waals surface area contributed by atoms with Crippen molar-refractivity contribution < 1.29 is 23.7 Å². The van der Waals surface area contributed by atoms with E-state index < -0.39 is 0 Å². The van der Waals surface area contributed by atoms with E-state index in [9.17, 15) is 4.79 Å². The number of ether oxygens (including phenoxy) is 4. The molecule has 0 bridgehead atoms. The summed E-state index contributed by atoms with van der Waals surface area (Å²) in [5.74, 6) is 2.46. The van der Waals surface area contributed by atoms with Crippen LogP contribution in [0.4, 0.5) is 0 Å². The summed E-state index contributed by atoms with van der Waals surface area (Å²) >= 11 is 6.33. The number of hydrogen-bond acceptors (Lipinski definition) is 6. The van der Waals surface area contributed by atoms with E-state index in [1.807, 2.05) is 24.0 Å². The van der Waals surface area contributed by atoms with Crippen LogP contribution >= 0.6 is 11.6 Å². The van der Waals surface area contributed by atoms with Crippen molar-refractivity contribution in [3.05, 3.63) is 46.5 Å². The molecule has 2 aromatic rings. The van der Waals surface area contributed by atoms with E-state index in [4.69, 9.17) is 30.5 Å². The molecule has 0 atom stereocenters. The smallest absolute Gasteiger partial charge is 0.254 e. The summed E-state index contributed by atoms with van der Waals surface area (Å²) in [6.45, 7) is 6.31. The molecule has 0 saturated carbocycles. The van der Waals surface area contributed by atoms with Crippen molar-refractivity contribution in [3.63, 3.8) is 0 Å². The molecule has 0 aliphatic carbocycles. The highest BCUT2D eigenvalue weighted by Gasteiger charge is 2.25. The second kappa shape index (κ2) is 9.02. The van der Waals surface area contributed by atoms with Crippen LogP contribution in [-0.4, -0.2) is 62.4 Å². The summed E-state index contributed by atoms with van der Waals surface area (Å²) < 4.78 is 21.7. The lowest BCUT2D eigenvalue weighted by Crippen LogP contribution is -2.48. The van der Waals surface area contributed by atoms with Gasteiger partial charge in [0.25, 0.3) is 5.91 Å². The van der Waals surface area contributed by atoms with Gasteiger partial charge in [-0.15, -0.1) is 0 Å². The third-order valence-corrected chi connectivity index (χ3v) is 5.55. The van der Waals surface area contributed by atoms with Crippen molar-refractivity contribution in [1.82, 2.24) is 9.80 Å². The first-order chi connectivity index (χ1) is 14.6. The standard InChI is InChI=1S/C22H25ClN2O5/c1-3-28-21-17(23)11-16(12-20(21)27-2)22(26)25-8-6-24(7-9-25)13-15-4-5-18-19(10-15)30-14-29-18/h4-5,10-12H,3,6-9,13-14H2,1-2H3. The fourth-order valence-electron chi connectivity index (χ4n) is 3.72. The number of carbonyl (C=O) groups is 1. The van der Waals surface area contributed by atoms with Crippen LogP contribution in [0, 0.1) is 0 Å². The van der Waals surface area contributed by atoms with E-state index in [-0.39, 0.29) is 12.7 Å². The summed E-state index contributed by atoms with van der Waals surface area (Å²) in [5.41, 5.74) is 1.67. The van der Waals surface area contributed by atoms with Gasteiger partial charge in [-0.2, -0.15) is 0 Å². The molecule has 2 aromatic carbocycles. The highest BCUT2D eigenvalue weighted by atomic mass is 35.5. The summed E-state index contributed by atoms with van der Waals surface area (Å²) in [6.07, 6.45) is 0. The minimum Gasteiger partial charge on any atom is -0.493 e. The molecule has 0 aromatic heterocycles. The lowest BCUT2D eigenvalue weighted by atomic mass is 10.1. The Balaban J connectivity index is 1.38. The molecule has 1 fully saturated rings. The van der Waals surface area contributed by atoms with Gasteiger partial charge in [-0.1, -0.05) is 17.7 Å². The molecule has 1 saturated heterocycles. The van der Waals surface area contributed by atoms with Crippen LogP contribution in [0.5, 0.6) is 23.0 Å². The van der Waals surface area contributed by atoms with Crippen molar-refractivity contribution in [2.24, 2.45) is 0 Å². The molecule has 30 heavy (non-hydrogen) atoms. The molecule has 2 aliphatic heterocycles. The fraction of sp³-hybridized carbons (Fsp3) is 0.409. The molecule has 2 heterocycles. The largest absolute Gasteiger partial charge is 0.493 e. The Hall–Kier alpha value is -2.64. The van der Waals surface area contributed by atoms with E-state index in [1.165, 1.54) is 12.7 Å². The van der Waals surface area contributed by atoms with Crippen LogP contribution in [0.25, 0.3) is 0 Å². The number of methoxy groups -OCH3 is 1. The molecule has 0 N–H and O–H groups in total. The Kier molecular flexibility index (Phi) is 6.20. The van der Waals surface area contributed by atoms with E-state index in [2.05, 4.69) is 11.0 Å². The zero-order chi connectivity index (χ0) is 21.1. The minimum atomic E-state index is -0.0547. The Labute approximate surface area is 181 Å². The topological polar surface area (TPSA) is 60.5 Å². The van der Waals surface area contributed by atoms with Crippen LogP contribution in [0.1, 0.15) is 22.8 Å². The van der Waals surface area contributed by atoms with Gasteiger partial charge >= 0.3 is 0 Å². The minimum absolute atomic E-state index is 0.0547. The fourth-order valence-corrected chi connectivity index (χ4v) is 3.98. The maximum Gasteiger partial charge on any atom is 0.254 e. The monoisotopic (exact) mass is 432 g/mol. The molecular formula is C22H25ClN2O5. The second-order valence-electron chi connectivity index (χ2n) is 7.18. The van der Waals surface area contributed by atoms with Crippen LogP contribution < -0.4 is 18.9 Å². The lowest BCUT2D eigenvalue weighted by Gasteiger charge is -2.35. The van der Waals surface area contributed by atoms with Crippen LogP contribution in [0.15, 0.2) is 30.3 Å². The average Bonchev–Trinajstić information content (AvgIpc) is 3.23. The molecule has 0 unspecified atom stereocenters. The van der Waals surface area contributed by atoms with Gasteiger partial charge in [0.15, 0.2) is 23.0 Å². The number of amides is 1. The number of hydrogen-bond donors (Lipinski definition) is 0. The Morgan fingerprint density at radius 3 is 2.60 bits per heavy atom. The quantitative estimate of drug-likeness (QED) is 0.697. The lowest BCUT2D eigenvalue weighted by molar-refractivity contribution is 0.0628. The van der Waals surface area contributed by atoms with Gasteiger partial charge in [0.05, 0.1) is 18.7 Å². The second-order valence-corrected chi connectivity index (χ2v) is 7.59. The summed E-state index contributed by atoms with van der Waals surface area (Å²) in [6, 6.07) is 9.36. The van der Waals surface area contributed by atoms with Gasteiger partial charge in [-0.05, 0) is 36.8 Å². The number of fused-ring (bicyclic) bond motifs is 1. The van der Waals surface area contributed by atoms with Crippen LogP contribution in [0.3, 0.4) is 0 Å². The predicted octanol–water partition coefficient (Wildman–Crippen LogP) is 3.43. The number of piperazine rings is 1. The van der Waals surface area contributed by atoms with Crippen LogP contribution in [0.2, 0.25) is 5.02 Å². The SMILES string of the molecule is CCOc1c(Cl)cc(C(=O)N2CCN(Cc3ccc4c(c3)OCO4)CC2)cc1OC. The Morgan fingerprint density at radius 1 is 1.10 bits per heavy atom. The number of benzene rings is 2. The summed E-state index contributed by atoms with van der Waals surface area (Å²) in [5, 5.41) is 0.376. The van der Waals surface area contributed by atoms with Gasteiger partial charge < -0.3 is 23.8 Å². The molecule has 0 radical (unpaired) electrons. The molecule has 4 rings (SSSR count). The van der Waals surface area contributed by atoms with Gasteiger partial charge in [0, 0.05) is 38.3 Å². The molecule has 7 nitrogen and oxygen atoms in total. The normalized spacial score (nSPS) is 15.9. The number of carbonyl (C=O) groups excluding carboxylic acids is 1. The molecule has 0 spiro atoms. The zero-order valence-corrected chi connectivity index (χ0v) is 17.9. The first-order valence-electron chi connectivity index (χ1n) is 9.99. The van der Waals surface area contributed by atoms with E-state index in [0.717, 1.165) is 31.1 Å². The number of nitrogens with zero attached hydrogens (tertiary/aromatic N) is 2. The molecule has 2 aliphatic rings. The van der Waals surface area contributed by atoms with Gasteiger partial charge in [-0.25, -0.2) is 0 Å². The summed E-state index contributed by atoms with van der Waals surface area (Å²) in [7, 11) is 1.54. The van der Waals surface area contributed by atoms with Crippen molar-refractivity contribution in [3.8, 4) is 23.0 Å². The predicted molar refractivity (Wildman–Crippen MR) is 113 cm³/mol. The van der Waals surface area contributed by atoms with Gasteiger partial charge in [0.1, 0.15) is 0 Å². The maximum absolute atomic E-state index is 13.0. The highest BCUT2D eigenvalue weighted by Crippen LogP contribution is 2.37. The van der Waals surface area contributed by atoms with E-state index in [0.29, 0.717) is 41.8 Å².